The molecule has 26 heavy (non-hydrogen) atoms. The van der Waals surface area contributed by atoms with Crippen LogP contribution in [0.4, 0.5) is 0 Å². The van der Waals surface area contributed by atoms with E-state index in [1.54, 1.807) is 36.0 Å². The molecule has 1 N–H and O–H groups in total. The lowest BCUT2D eigenvalue weighted by atomic mass is 10.0. The number of thioether (sulfide) groups is 1. The molecule has 1 amide bonds. The molecule has 0 bridgehead atoms. The Morgan fingerprint density at radius 1 is 1.08 bits per heavy atom. The van der Waals surface area contributed by atoms with Crippen LogP contribution in [0, 0.1) is 0 Å². The normalized spacial score (nSPS) is 13.8. The number of hydrogen-bond donors (Lipinski definition) is 1. The summed E-state index contributed by atoms with van der Waals surface area (Å²) >= 11 is 1.60. The summed E-state index contributed by atoms with van der Waals surface area (Å²) in [6.45, 7) is 3.90. The molecule has 0 spiro atoms. The zero-order chi connectivity index (χ0) is 19.2. The minimum absolute atomic E-state index is 0.00929. The van der Waals surface area contributed by atoms with Crippen LogP contribution < -0.4 is 5.32 Å². The van der Waals surface area contributed by atoms with Crippen molar-refractivity contribution in [3.63, 3.8) is 0 Å². The van der Waals surface area contributed by atoms with E-state index in [0.29, 0.717) is 0 Å². The largest absolute Gasteiger partial charge is 0.348 e. The van der Waals surface area contributed by atoms with Gasteiger partial charge in [-0.25, -0.2) is 8.42 Å². The summed E-state index contributed by atoms with van der Waals surface area (Å²) in [7, 11) is -3.21. The SMILES string of the molecule is CC[C@H](NC(=O)[C@H](C)SCc1ccccc1)c1ccc(S(C)(=O)=O)cc1. The predicted octanol–water partition coefficient (Wildman–Crippen LogP) is 3.98. The Hall–Kier alpha value is -1.79. The Morgan fingerprint density at radius 2 is 1.69 bits per heavy atom. The van der Waals surface area contributed by atoms with Crippen molar-refractivity contribution < 1.29 is 13.2 Å². The van der Waals surface area contributed by atoms with Crippen LogP contribution in [0.2, 0.25) is 0 Å². The third kappa shape index (κ3) is 5.88. The lowest BCUT2D eigenvalue weighted by molar-refractivity contribution is -0.121. The average Bonchev–Trinajstić information content (AvgIpc) is 2.64. The molecule has 0 aliphatic rings. The molecule has 0 unspecified atom stereocenters. The van der Waals surface area contributed by atoms with Gasteiger partial charge < -0.3 is 5.32 Å². The zero-order valence-electron chi connectivity index (χ0n) is 15.3. The quantitative estimate of drug-likeness (QED) is 0.739. The third-order valence-electron chi connectivity index (χ3n) is 4.15. The van der Waals surface area contributed by atoms with E-state index >= 15 is 0 Å². The van der Waals surface area contributed by atoms with Crippen molar-refractivity contribution in [2.75, 3.05) is 6.26 Å². The van der Waals surface area contributed by atoms with Crippen LogP contribution in [0.3, 0.4) is 0 Å². The van der Waals surface area contributed by atoms with Crippen molar-refractivity contribution in [1.29, 1.82) is 0 Å². The van der Waals surface area contributed by atoms with Gasteiger partial charge in [0.05, 0.1) is 16.2 Å². The fourth-order valence-electron chi connectivity index (χ4n) is 2.53. The van der Waals surface area contributed by atoms with E-state index in [1.165, 1.54) is 11.8 Å². The maximum atomic E-state index is 12.5. The topological polar surface area (TPSA) is 63.2 Å². The van der Waals surface area contributed by atoms with Crippen LogP contribution in [-0.2, 0) is 20.4 Å². The zero-order valence-corrected chi connectivity index (χ0v) is 16.9. The first-order chi connectivity index (χ1) is 12.3. The Labute approximate surface area is 160 Å². The summed E-state index contributed by atoms with van der Waals surface area (Å²) in [6, 6.07) is 16.7. The van der Waals surface area contributed by atoms with E-state index in [2.05, 4.69) is 17.4 Å². The molecule has 0 fully saturated rings. The average molecular weight is 392 g/mol. The first-order valence-corrected chi connectivity index (χ1v) is 11.5. The molecule has 140 valence electrons. The summed E-state index contributed by atoms with van der Waals surface area (Å²) in [4.78, 5) is 12.8. The molecule has 0 aromatic heterocycles. The number of carbonyl (C=O) groups excluding carboxylic acids is 1. The van der Waals surface area contributed by atoms with Crippen LogP contribution in [0.25, 0.3) is 0 Å². The van der Waals surface area contributed by atoms with Crippen molar-refractivity contribution in [2.45, 2.75) is 42.2 Å². The van der Waals surface area contributed by atoms with Gasteiger partial charge in [0.25, 0.3) is 0 Å². The fraction of sp³-hybridized carbons (Fsp3) is 0.350. The summed E-state index contributed by atoms with van der Waals surface area (Å²) in [5.41, 5.74) is 2.11. The van der Waals surface area contributed by atoms with Crippen molar-refractivity contribution in [1.82, 2.24) is 5.32 Å². The van der Waals surface area contributed by atoms with Crippen molar-refractivity contribution in [3.8, 4) is 0 Å². The molecule has 2 rings (SSSR count). The van der Waals surface area contributed by atoms with Gasteiger partial charge >= 0.3 is 0 Å². The minimum Gasteiger partial charge on any atom is -0.348 e. The molecule has 2 aromatic rings. The molecule has 0 heterocycles. The first-order valence-electron chi connectivity index (χ1n) is 8.57. The number of amides is 1. The highest BCUT2D eigenvalue weighted by Gasteiger charge is 2.19. The Bertz CT molecular complexity index is 818. The van der Waals surface area contributed by atoms with E-state index in [0.717, 1.165) is 17.7 Å². The maximum absolute atomic E-state index is 12.5. The number of carbonyl (C=O) groups is 1. The van der Waals surface area contributed by atoms with Gasteiger partial charge in [-0.3, -0.25) is 4.79 Å². The highest BCUT2D eigenvalue weighted by atomic mass is 32.2. The Morgan fingerprint density at radius 3 is 2.23 bits per heavy atom. The molecule has 6 heteroatoms. The Balaban J connectivity index is 1.96. The van der Waals surface area contributed by atoms with E-state index in [-0.39, 0.29) is 22.1 Å². The van der Waals surface area contributed by atoms with Crippen LogP contribution in [-0.4, -0.2) is 25.8 Å². The van der Waals surface area contributed by atoms with Gasteiger partial charge in [0, 0.05) is 12.0 Å². The van der Waals surface area contributed by atoms with Crippen LogP contribution >= 0.6 is 11.8 Å². The molecule has 2 aromatic carbocycles. The van der Waals surface area contributed by atoms with Gasteiger partial charge in [-0.05, 0) is 36.6 Å². The molecule has 0 saturated carbocycles. The number of rotatable bonds is 8. The van der Waals surface area contributed by atoms with Crippen LogP contribution in [0.15, 0.2) is 59.5 Å². The highest BCUT2D eigenvalue weighted by Crippen LogP contribution is 2.22. The molecule has 2 atom stereocenters. The monoisotopic (exact) mass is 391 g/mol. The van der Waals surface area contributed by atoms with Crippen LogP contribution in [0.1, 0.15) is 37.4 Å². The van der Waals surface area contributed by atoms with E-state index in [9.17, 15) is 13.2 Å². The minimum atomic E-state index is -3.21. The van der Waals surface area contributed by atoms with Crippen molar-refractivity contribution in [2.24, 2.45) is 0 Å². The van der Waals surface area contributed by atoms with Gasteiger partial charge in [0.15, 0.2) is 9.84 Å². The second-order valence-electron chi connectivity index (χ2n) is 6.25. The molecule has 0 radical (unpaired) electrons. The van der Waals surface area contributed by atoms with Gasteiger partial charge in [-0.1, -0.05) is 49.4 Å². The summed E-state index contributed by atoms with van der Waals surface area (Å²) in [5, 5.41) is 2.90. The summed E-state index contributed by atoms with van der Waals surface area (Å²) in [6.07, 6.45) is 1.92. The number of nitrogens with one attached hydrogen (secondary N) is 1. The van der Waals surface area contributed by atoms with Crippen molar-refractivity contribution in [3.05, 3.63) is 65.7 Å². The molecule has 0 saturated heterocycles. The summed E-state index contributed by atoms with van der Waals surface area (Å²) < 4.78 is 23.1. The Kier molecular flexibility index (Phi) is 7.29. The number of hydrogen-bond acceptors (Lipinski definition) is 4. The van der Waals surface area contributed by atoms with E-state index in [4.69, 9.17) is 0 Å². The van der Waals surface area contributed by atoms with Crippen LogP contribution in [0.5, 0.6) is 0 Å². The number of benzene rings is 2. The van der Waals surface area contributed by atoms with Gasteiger partial charge in [-0.2, -0.15) is 0 Å². The standard InChI is InChI=1S/C20H25NO3S2/c1-4-19(17-10-12-18(13-11-17)26(3,23)24)21-20(22)15(2)25-14-16-8-6-5-7-9-16/h5-13,15,19H,4,14H2,1-3H3,(H,21,22)/t15-,19-/m0/s1. The predicted molar refractivity (Wildman–Crippen MR) is 108 cm³/mol. The van der Waals surface area contributed by atoms with Gasteiger partial charge in [0.2, 0.25) is 5.91 Å². The smallest absolute Gasteiger partial charge is 0.233 e. The second kappa shape index (κ2) is 9.24. The highest BCUT2D eigenvalue weighted by molar-refractivity contribution is 7.99. The molecule has 0 aliphatic heterocycles. The number of sulfone groups is 1. The maximum Gasteiger partial charge on any atom is 0.233 e. The molecule has 4 nitrogen and oxygen atoms in total. The van der Waals surface area contributed by atoms with Gasteiger partial charge in [-0.15, -0.1) is 11.8 Å². The second-order valence-corrected chi connectivity index (χ2v) is 9.59. The summed E-state index contributed by atoms with van der Waals surface area (Å²) in [5.74, 6) is 0.778. The molecule has 0 aliphatic carbocycles. The molecular formula is C20H25NO3S2. The van der Waals surface area contributed by atoms with E-state index in [1.807, 2.05) is 32.0 Å². The van der Waals surface area contributed by atoms with Crippen molar-refractivity contribution >= 4 is 27.5 Å². The molecular weight excluding hydrogens is 366 g/mol. The lowest BCUT2D eigenvalue weighted by Crippen LogP contribution is -2.34. The third-order valence-corrected chi connectivity index (χ3v) is 6.49. The van der Waals surface area contributed by atoms with Gasteiger partial charge in [0.1, 0.15) is 0 Å². The first kappa shape index (κ1) is 20.5. The lowest BCUT2D eigenvalue weighted by Gasteiger charge is -2.20. The van der Waals surface area contributed by atoms with E-state index < -0.39 is 9.84 Å². The fourth-order valence-corrected chi connectivity index (χ4v) is 4.01.